The molecular weight excluding hydrogens is 130 g/mol. The summed E-state index contributed by atoms with van der Waals surface area (Å²) in [5.41, 5.74) is 0. The number of hydrogen-bond acceptors (Lipinski definition) is 3. The molecule has 1 heterocycles. The van der Waals surface area contributed by atoms with Crippen molar-refractivity contribution in [2.24, 2.45) is 0 Å². The average Bonchev–Trinajstić information content (AvgIpc) is 2.36. The minimum absolute atomic E-state index is 0.179. The van der Waals surface area contributed by atoms with E-state index in [1.807, 2.05) is 0 Å². The van der Waals surface area contributed by atoms with Crippen molar-refractivity contribution in [2.45, 2.75) is 12.1 Å². The van der Waals surface area contributed by atoms with Crippen molar-refractivity contribution >= 4 is 0 Å². The first-order valence-corrected chi connectivity index (χ1v) is 3.36. The lowest BCUT2D eigenvalue weighted by atomic mass is 10.2. The molecule has 1 N–H and O–H groups in total. The highest BCUT2D eigenvalue weighted by molar-refractivity contribution is 4.85. The van der Waals surface area contributed by atoms with Crippen LogP contribution in [0.2, 0.25) is 0 Å². The molecule has 0 saturated carbocycles. The van der Waals surface area contributed by atoms with Gasteiger partial charge in [0.1, 0.15) is 6.10 Å². The number of ether oxygens (including phenoxy) is 2. The fourth-order valence-electron chi connectivity index (χ4n) is 1.07. The van der Waals surface area contributed by atoms with Gasteiger partial charge in [-0.15, -0.1) is 0 Å². The Labute approximate surface area is 61.0 Å². The lowest BCUT2D eigenvalue weighted by Crippen LogP contribution is -2.36. The highest BCUT2D eigenvalue weighted by atomic mass is 16.5. The molecule has 3 heteroatoms. The van der Waals surface area contributed by atoms with Gasteiger partial charge in [-0.3, -0.25) is 0 Å². The van der Waals surface area contributed by atoms with Gasteiger partial charge >= 0.3 is 0 Å². The minimum atomic E-state index is 0.179. The Morgan fingerprint density at radius 2 is 2.50 bits per heavy atom. The lowest BCUT2D eigenvalue weighted by Gasteiger charge is -2.15. The molecule has 1 fully saturated rings. The monoisotopic (exact) mass is 143 g/mol. The Morgan fingerprint density at radius 3 is 3.10 bits per heavy atom. The molecule has 1 aliphatic rings. The van der Waals surface area contributed by atoms with Crippen molar-refractivity contribution < 1.29 is 9.47 Å². The van der Waals surface area contributed by atoms with E-state index in [0.717, 1.165) is 0 Å². The van der Waals surface area contributed by atoms with Crippen molar-refractivity contribution in [1.82, 2.24) is 5.32 Å². The van der Waals surface area contributed by atoms with E-state index in [1.54, 1.807) is 13.3 Å². The van der Waals surface area contributed by atoms with Gasteiger partial charge < -0.3 is 14.8 Å². The van der Waals surface area contributed by atoms with E-state index >= 15 is 0 Å². The predicted molar refractivity (Wildman–Crippen MR) is 38.7 cm³/mol. The molecule has 0 aromatic rings. The van der Waals surface area contributed by atoms with Gasteiger partial charge in [0.05, 0.1) is 19.3 Å². The summed E-state index contributed by atoms with van der Waals surface area (Å²) in [6, 6.07) is 0.280. The third kappa shape index (κ3) is 1.49. The van der Waals surface area contributed by atoms with Gasteiger partial charge in [-0.1, -0.05) is 6.58 Å². The molecule has 0 aromatic carbocycles. The Hall–Kier alpha value is -0.540. The maximum absolute atomic E-state index is 5.18. The molecule has 0 aromatic heterocycles. The SMILES string of the molecule is C=CN[C@H]1COC[C@@H]1OC. The van der Waals surface area contributed by atoms with Crippen LogP contribution in [0, 0.1) is 0 Å². The summed E-state index contributed by atoms with van der Waals surface area (Å²) in [5, 5.41) is 3.06. The molecule has 0 aliphatic carbocycles. The first-order chi connectivity index (χ1) is 4.88. The molecule has 58 valence electrons. The van der Waals surface area contributed by atoms with E-state index in [9.17, 15) is 0 Å². The molecule has 0 unspecified atom stereocenters. The third-order valence-corrected chi connectivity index (χ3v) is 1.66. The topological polar surface area (TPSA) is 30.5 Å². The molecule has 3 nitrogen and oxygen atoms in total. The summed E-state index contributed by atoms with van der Waals surface area (Å²) in [5.74, 6) is 0. The molecule has 0 spiro atoms. The van der Waals surface area contributed by atoms with Crippen LogP contribution in [-0.4, -0.2) is 32.5 Å². The Balaban J connectivity index is 2.34. The second kappa shape index (κ2) is 3.58. The van der Waals surface area contributed by atoms with Crippen LogP contribution in [0.15, 0.2) is 12.8 Å². The largest absolute Gasteiger partial charge is 0.384 e. The zero-order chi connectivity index (χ0) is 7.40. The summed E-state index contributed by atoms with van der Waals surface area (Å²) in [6.45, 7) is 4.97. The molecule has 1 rings (SSSR count). The van der Waals surface area contributed by atoms with E-state index in [0.29, 0.717) is 13.2 Å². The summed E-state index contributed by atoms with van der Waals surface area (Å²) in [4.78, 5) is 0. The Kier molecular flexibility index (Phi) is 2.71. The smallest absolute Gasteiger partial charge is 0.103 e. The zero-order valence-electron chi connectivity index (χ0n) is 6.17. The zero-order valence-corrected chi connectivity index (χ0v) is 6.17. The highest BCUT2D eigenvalue weighted by Crippen LogP contribution is 2.07. The van der Waals surface area contributed by atoms with Crippen LogP contribution in [0.25, 0.3) is 0 Å². The third-order valence-electron chi connectivity index (χ3n) is 1.66. The van der Waals surface area contributed by atoms with Crippen LogP contribution in [0.5, 0.6) is 0 Å². The molecule has 10 heavy (non-hydrogen) atoms. The standard InChI is InChI=1S/C7H13NO2/c1-3-8-6-4-10-5-7(6)9-2/h3,6-8H,1,4-5H2,2H3/t6-,7-/m0/s1. The second-order valence-corrected chi connectivity index (χ2v) is 2.29. The van der Waals surface area contributed by atoms with E-state index in [4.69, 9.17) is 9.47 Å². The van der Waals surface area contributed by atoms with Crippen LogP contribution in [0.4, 0.5) is 0 Å². The first kappa shape index (κ1) is 7.57. The minimum Gasteiger partial charge on any atom is -0.384 e. The van der Waals surface area contributed by atoms with Gasteiger partial charge in [0, 0.05) is 7.11 Å². The molecule has 0 amide bonds. The van der Waals surface area contributed by atoms with Gasteiger partial charge in [-0.05, 0) is 6.20 Å². The van der Waals surface area contributed by atoms with E-state index in [1.165, 1.54) is 0 Å². The summed E-state index contributed by atoms with van der Waals surface area (Å²) < 4.78 is 10.3. The summed E-state index contributed by atoms with van der Waals surface area (Å²) in [6.07, 6.45) is 1.85. The van der Waals surface area contributed by atoms with Crippen molar-refractivity contribution in [3.05, 3.63) is 12.8 Å². The van der Waals surface area contributed by atoms with Crippen LogP contribution in [-0.2, 0) is 9.47 Å². The molecule has 1 aliphatic heterocycles. The highest BCUT2D eigenvalue weighted by Gasteiger charge is 2.26. The number of methoxy groups -OCH3 is 1. The molecular formula is C7H13NO2. The van der Waals surface area contributed by atoms with Gasteiger partial charge in [-0.25, -0.2) is 0 Å². The Morgan fingerprint density at radius 1 is 1.70 bits per heavy atom. The maximum atomic E-state index is 5.18. The molecule has 0 radical (unpaired) electrons. The summed E-state index contributed by atoms with van der Waals surface area (Å²) in [7, 11) is 1.69. The van der Waals surface area contributed by atoms with Crippen LogP contribution in [0.3, 0.4) is 0 Å². The fourth-order valence-corrected chi connectivity index (χ4v) is 1.07. The second-order valence-electron chi connectivity index (χ2n) is 2.29. The van der Waals surface area contributed by atoms with Gasteiger partial charge in [0.2, 0.25) is 0 Å². The van der Waals surface area contributed by atoms with Crippen molar-refractivity contribution in [3.63, 3.8) is 0 Å². The lowest BCUT2D eigenvalue weighted by molar-refractivity contribution is 0.0751. The van der Waals surface area contributed by atoms with Crippen LogP contribution < -0.4 is 5.32 Å². The molecule has 0 bridgehead atoms. The van der Waals surface area contributed by atoms with Gasteiger partial charge in [0.25, 0.3) is 0 Å². The first-order valence-electron chi connectivity index (χ1n) is 3.36. The van der Waals surface area contributed by atoms with E-state index < -0.39 is 0 Å². The molecule has 1 saturated heterocycles. The van der Waals surface area contributed by atoms with E-state index in [2.05, 4.69) is 11.9 Å². The van der Waals surface area contributed by atoms with Crippen LogP contribution in [0.1, 0.15) is 0 Å². The fraction of sp³-hybridized carbons (Fsp3) is 0.714. The Bertz CT molecular complexity index is 116. The quantitative estimate of drug-likeness (QED) is 0.609. The van der Waals surface area contributed by atoms with E-state index in [-0.39, 0.29) is 12.1 Å². The van der Waals surface area contributed by atoms with Gasteiger partial charge in [-0.2, -0.15) is 0 Å². The summed E-state index contributed by atoms with van der Waals surface area (Å²) >= 11 is 0. The number of rotatable bonds is 3. The predicted octanol–water partition coefficient (Wildman–Crippen LogP) is 0.133. The maximum Gasteiger partial charge on any atom is 0.103 e. The normalized spacial score (nSPS) is 32.1. The van der Waals surface area contributed by atoms with Crippen molar-refractivity contribution in [3.8, 4) is 0 Å². The number of hydrogen-bond donors (Lipinski definition) is 1. The van der Waals surface area contributed by atoms with Gasteiger partial charge in [0.15, 0.2) is 0 Å². The van der Waals surface area contributed by atoms with Crippen molar-refractivity contribution in [2.75, 3.05) is 20.3 Å². The van der Waals surface area contributed by atoms with Crippen LogP contribution >= 0.6 is 0 Å². The van der Waals surface area contributed by atoms with Crippen molar-refractivity contribution in [1.29, 1.82) is 0 Å². The number of nitrogens with one attached hydrogen (secondary N) is 1. The average molecular weight is 143 g/mol. The molecule has 2 atom stereocenters.